The van der Waals surface area contributed by atoms with E-state index in [1.54, 1.807) is 0 Å². The summed E-state index contributed by atoms with van der Waals surface area (Å²) in [7, 11) is -0.716. The molecule has 2 aliphatic heterocycles. The Morgan fingerprint density at radius 1 is 0.656 bits per heavy atom. The highest BCUT2D eigenvalue weighted by molar-refractivity contribution is 6.48. The zero-order valence-electron chi connectivity index (χ0n) is 37.3. The number of ketones is 2. The zero-order valence-corrected chi connectivity index (χ0v) is 38.1. The maximum Gasteiger partial charge on any atom is 0.462 e. The average Bonchev–Trinajstić information content (AvgIpc) is 4.15. The minimum Gasteiger partial charge on any atom is -1.00 e. The average molecular weight is 855 g/mol. The van der Waals surface area contributed by atoms with Gasteiger partial charge in [-0.2, -0.15) is 0 Å². The third-order valence-electron chi connectivity index (χ3n) is 17.3. The van der Waals surface area contributed by atoms with Gasteiger partial charge in [-0.15, -0.1) is 0 Å². The van der Waals surface area contributed by atoms with Crippen molar-refractivity contribution >= 4 is 25.8 Å². The van der Waals surface area contributed by atoms with Crippen molar-refractivity contribution in [1.82, 2.24) is 0 Å². The molecule has 8 saturated carbocycles. The van der Waals surface area contributed by atoms with E-state index in [9.17, 15) is 9.59 Å². The molecule has 0 aromatic heterocycles. The Bertz CT molecular complexity index is 1730. The number of rotatable bonds is 16. The van der Waals surface area contributed by atoms with Gasteiger partial charge in [0.2, 0.25) is 0 Å². The fraction of sp³-hybridized carbons (Fsp3) is 0.714. The van der Waals surface area contributed by atoms with E-state index in [-0.39, 0.29) is 73.0 Å². The van der Waals surface area contributed by atoms with Crippen molar-refractivity contribution in [2.75, 3.05) is 0 Å². The van der Waals surface area contributed by atoms with Crippen LogP contribution in [0.4, 0.5) is 0 Å². The summed E-state index contributed by atoms with van der Waals surface area (Å²) in [5.74, 6) is 4.02. The van der Waals surface area contributed by atoms with Gasteiger partial charge in [-0.1, -0.05) is 121 Å². The summed E-state index contributed by atoms with van der Waals surface area (Å²) in [6, 6.07) is 19.8. The predicted molar refractivity (Wildman–Crippen MR) is 236 cm³/mol. The van der Waals surface area contributed by atoms with E-state index in [0.29, 0.717) is 54.6 Å². The Kier molecular flexibility index (Phi) is 13.0. The minimum absolute atomic E-state index is 0. The predicted octanol–water partition coefficient (Wildman–Crippen LogP) is 4.93. The molecule has 12 atom stereocenters. The van der Waals surface area contributed by atoms with Gasteiger partial charge in [-0.3, -0.25) is 9.59 Å². The second-order valence-electron chi connectivity index (χ2n) is 22.1. The molecule has 2 heterocycles. The number of benzene rings is 2. The maximum absolute atomic E-state index is 13.1. The lowest BCUT2D eigenvalue weighted by Gasteiger charge is -2.64. The van der Waals surface area contributed by atoms with Crippen LogP contribution in [0.2, 0.25) is 11.6 Å². The van der Waals surface area contributed by atoms with Crippen LogP contribution in [0.25, 0.3) is 0 Å². The van der Waals surface area contributed by atoms with Crippen molar-refractivity contribution in [1.29, 1.82) is 0 Å². The third-order valence-corrected chi connectivity index (χ3v) is 17.3. The minimum atomic E-state index is -0.708. The molecule has 12 heteroatoms. The summed E-state index contributed by atoms with van der Waals surface area (Å²) < 4.78 is 25.9. The Morgan fingerprint density at radius 2 is 1.07 bits per heavy atom. The van der Waals surface area contributed by atoms with Gasteiger partial charge in [0.15, 0.2) is 0 Å². The molecule has 2 aromatic carbocycles. The van der Waals surface area contributed by atoms with Gasteiger partial charge in [-0.05, 0) is 97.0 Å². The van der Waals surface area contributed by atoms with Gasteiger partial charge in [0.1, 0.15) is 23.0 Å². The zero-order chi connectivity index (χ0) is 42.2. The van der Waals surface area contributed by atoms with Crippen LogP contribution in [-0.4, -0.2) is 55.5 Å². The van der Waals surface area contributed by atoms with Crippen LogP contribution in [0.5, 0.6) is 0 Å². The van der Waals surface area contributed by atoms with Crippen molar-refractivity contribution in [2.45, 2.75) is 166 Å². The van der Waals surface area contributed by atoms with Gasteiger partial charge in [0.05, 0.1) is 18.2 Å². The standard InChI is InChI=1S/C25H36BNO3.C24H35BN2O3.ClH/c1-16(11-17-7-5-4-6-8-17)21(28)15-20(12-18-9-10-18)26-29-23-14-19-13-22(24(19,2)3)25(23,27)30-26;1-23(2)17-12-21(23)24(27)22(13-17)29-25(30-24)18(10-16-8-9-16)14-20(28)19(26)11-15-6-4-3-5-7-15;/h4-8,16,18-20,22-23H,9-15,27H2,1-3H3;3-7,16-19,21-22H,8-14,26-27H2,1-2H3;1H/p-1/t16?,19-,20+,22-,23+,25-;17-,18+,19?,21-,22+,24-;/m00./s1. The largest absolute Gasteiger partial charge is 1.00 e. The molecule has 0 spiro atoms. The first kappa shape index (κ1) is 45.5. The molecule has 4 bridgehead atoms. The summed E-state index contributed by atoms with van der Waals surface area (Å²) >= 11 is 0. The van der Waals surface area contributed by atoms with E-state index in [2.05, 4.69) is 46.8 Å². The first-order valence-electron chi connectivity index (χ1n) is 23.7. The quantitative estimate of drug-likeness (QED) is 0.200. The van der Waals surface area contributed by atoms with E-state index < -0.39 is 17.5 Å². The smallest absolute Gasteiger partial charge is 0.462 e. The summed E-state index contributed by atoms with van der Waals surface area (Å²) in [5.41, 5.74) is 21.4. The molecule has 0 amide bonds. The number of halogens is 1. The van der Waals surface area contributed by atoms with Crippen molar-refractivity contribution in [3.63, 3.8) is 0 Å². The lowest BCUT2D eigenvalue weighted by atomic mass is 9.45. The molecule has 10 aliphatic rings. The number of carbonyl (C=O) groups excluding carboxylic acids is 2. The molecular weight excluding hydrogens is 784 g/mol. The molecule has 10 fully saturated rings. The Balaban J connectivity index is 0.000000166. The Morgan fingerprint density at radius 3 is 1.48 bits per heavy atom. The van der Waals surface area contributed by atoms with Gasteiger partial charge in [0.25, 0.3) is 0 Å². The molecule has 2 aromatic rings. The van der Waals surface area contributed by atoms with Crippen molar-refractivity contribution in [3.05, 3.63) is 71.8 Å². The van der Waals surface area contributed by atoms with E-state index >= 15 is 0 Å². The van der Waals surface area contributed by atoms with E-state index in [0.717, 1.165) is 56.4 Å². The highest BCUT2D eigenvalue weighted by atomic mass is 35.5. The van der Waals surface area contributed by atoms with Crippen LogP contribution in [0, 0.1) is 52.3 Å². The third kappa shape index (κ3) is 8.99. The second kappa shape index (κ2) is 17.4. The first-order chi connectivity index (χ1) is 28.5. The molecule has 8 aliphatic carbocycles. The monoisotopic (exact) mass is 855 g/mol. The Hall–Kier alpha value is -2.08. The lowest BCUT2D eigenvalue weighted by molar-refractivity contribution is -0.205. The van der Waals surface area contributed by atoms with Gasteiger partial charge in [0, 0.05) is 42.2 Å². The van der Waals surface area contributed by atoms with Gasteiger partial charge in [-0.25, -0.2) is 0 Å². The second-order valence-corrected chi connectivity index (χ2v) is 22.1. The molecule has 332 valence electrons. The Labute approximate surface area is 372 Å². The van der Waals surface area contributed by atoms with Crippen LogP contribution in [0.3, 0.4) is 0 Å². The SMILES string of the molecule is CC(Cc1ccccc1)C(=O)C[C@@H](CC1CC1)B1O[C@@H]2C[C@@H]3C[C@@H](C3(C)C)[C@]2(N)O1.CC1(C)[C@@H]2C[C@H]3OB([C@@H](CC(=O)C(N)Cc4ccccc4)CC4CC4)O[C@@]3(N)[C@H]1C2.[Cl-]. The van der Waals surface area contributed by atoms with E-state index in [1.807, 2.05) is 48.5 Å². The van der Waals surface area contributed by atoms with Crippen molar-refractivity contribution in [3.8, 4) is 0 Å². The van der Waals surface area contributed by atoms with Crippen LogP contribution < -0.4 is 29.6 Å². The molecule has 2 unspecified atom stereocenters. The number of hydrogen-bond acceptors (Lipinski definition) is 9. The summed E-state index contributed by atoms with van der Waals surface area (Å²) in [6.07, 6.45) is 13.5. The van der Waals surface area contributed by atoms with Crippen LogP contribution in [0.1, 0.15) is 123 Å². The topological polar surface area (TPSA) is 149 Å². The maximum atomic E-state index is 13.1. The summed E-state index contributed by atoms with van der Waals surface area (Å²) in [4.78, 5) is 26.2. The highest BCUT2D eigenvalue weighted by Gasteiger charge is 2.70. The van der Waals surface area contributed by atoms with Crippen molar-refractivity contribution in [2.24, 2.45) is 69.5 Å². The number of nitrogens with two attached hydrogens (primary N) is 3. The molecule has 0 radical (unpaired) electrons. The fourth-order valence-electron chi connectivity index (χ4n) is 12.6. The van der Waals surface area contributed by atoms with Crippen LogP contribution >= 0.6 is 0 Å². The first-order valence-corrected chi connectivity index (χ1v) is 23.7. The molecular formula is C49H71B2ClN3O6-. The van der Waals surface area contributed by atoms with Crippen LogP contribution in [0.15, 0.2) is 60.7 Å². The number of carbonyl (C=O) groups is 2. The lowest BCUT2D eigenvalue weighted by Crippen LogP contribution is -3.00. The fourth-order valence-corrected chi connectivity index (χ4v) is 12.6. The highest BCUT2D eigenvalue weighted by Crippen LogP contribution is 2.66. The van der Waals surface area contributed by atoms with Crippen LogP contribution in [-0.2, 0) is 41.0 Å². The number of Topliss-reactive ketones (excluding diaryl/α,β-unsaturated/α-hetero) is 2. The normalized spacial score (nSPS) is 35.4. The van der Waals surface area contributed by atoms with Crippen molar-refractivity contribution < 1.29 is 40.6 Å². The molecule has 2 saturated heterocycles. The van der Waals surface area contributed by atoms with E-state index in [1.165, 1.54) is 31.2 Å². The van der Waals surface area contributed by atoms with Gasteiger partial charge >= 0.3 is 14.2 Å². The molecule has 61 heavy (non-hydrogen) atoms. The molecule has 9 nitrogen and oxygen atoms in total. The van der Waals surface area contributed by atoms with E-state index in [4.69, 9.17) is 35.8 Å². The summed E-state index contributed by atoms with van der Waals surface area (Å²) in [5, 5.41) is 0. The van der Waals surface area contributed by atoms with Gasteiger partial charge < -0.3 is 48.2 Å². The molecule has 6 N–H and O–H groups in total. The number of hydrogen-bond donors (Lipinski definition) is 3. The summed E-state index contributed by atoms with van der Waals surface area (Å²) in [6.45, 7) is 11.3. The molecule has 12 rings (SSSR count).